The molecule has 27 heavy (non-hydrogen) atoms. The number of hydrogen-bond donors (Lipinski definition) is 2. The summed E-state index contributed by atoms with van der Waals surface area (Å²) in [7, 11) is 0. The zero-order chi connectivity index (χ0) is 18.7. The Morgan fingerprint density at radius 2 is 1.89 bits per heavy atom. The molecule has 2 fully saturated rings. The van der Waals surface area contributed by atoms with Crippen molar-refractivity contribution >= 4 is 18.3 Å². The first kappa shape index (κ1) is 21.8. The average Bonchev–Trinajstić information content (AvgIpc) is 2.57. The molecule has 2 saturated carbocycles. The molecule has 3 rings (SSSR count). The first-order chi connectivity index (χ1) is 12.3. The number of benzene rings is 1. The number of carbonyl (C=O) groups is 1. The third-order valence-corrected chi connectivity index (χ3v) is 5.55. The van der Waals surface area contributed by atoms with Gasteiger partial charge >= 0.3 is 6.18 Å². The van der Waals surface area contributed by atoms with Gasteiger partial charge in [0, 0.05) is 18.5 Å². The lowest BCUT2D eigenvalue weighted by molar-refractivity contribution is -0.153. The van der Waals surface area contributed by atoms with Gasteiger partial charge in [-0.2, -0.15) is 13.2 Å². The highest BCUT2D eigenvalue weighted by molar-refractivity contribution is 5.85. The fraction of sp³-hybridized carbons (Fsp3) is 0.632. The molecule has 0 radical (unpaired) electrons. The average molecular weight is 407 g/mol. The summed E-state index contributed by atoms with van der Waals surface area (Å²) < 4.78 is 41.5. The van der Waals surface area contributed by atoms with Crippen molar-refractivity contribution in [2.24, 2.45) is 23.5 Å². The normalized spacial score (nSPS) is 27.4. The number of alkyl halides is 3. The lowest BCUT2D eigenvalue weighted by atomic mass is 9.65. The molecular weight excluding hydrogens is 381 g/mol. The van der Waals surface area contributed by atoms with Crippen molar-refractivity contribution in [3.05, 3.63) is 29.8 Å². The maximum atomic E-state index is 12.5. The summed E-state index contributed by atoms with van der Waals surface area (Å²) in [4.78, 5) is 12.5. The van der Waals surface area contributed by atoms with Gasteiger partial charge in [0.25, 0.3) is 0 Å². The van der Waals surface area contributed by atoms with Gasteiger partial charge in [-0.15, -0.1) is 12.4 Å². The van der Waals surface area contributed by atoms with Gasteiger partial charge in [0.15, 0.2) is 6.61 Å². The second kappa shape index (κ2) is 9.15. The molecule has 1 aromatic rings. The number of nitrogens with two attached hydrogens (primary N) is 1. The van der Waals surface area contributed by atoms with Crippen molar-refractivity contribution in [2.75, 3.05) is 6.61 Å². The zero-order valence-corrected chi connectivity index (χ0v) is 15.8. The topological polar surface area (TPSA) is 64.4 Å². The fourth-order valence-electron chi connectivity index (χ4n) is 4.25. The van der Waals surface area contributed by atoms with Crippen LogP contribution in [0.3, 0.4) is 0 Å². The Bertz CT molecular complexity index is 628. The first-order valence-electron chi connectivity index (χ1n) is 9.13. The highest BCUT2D eigenvalue weighted by Crippen LogP contribution is 2.41. The third kappa shape index (κ3) is 6.01. The van der Waals surface area contributed by atoms with Crippen molar-refractivity contribution in [2.45, 2.75) is 50.9 Å². The van der Waals surface area contributed by atoms with Crippen molar-refractivity contribution < 1.29 is 22.7 Å². The molecule has 152 valence electrons. The molecule has 2 atom stereocenters. The van der Waals surface area contributed by atoms with E-state index < -0.39 is 12.8 Å². The molecule has 0 heterocycles. The predicted molar refractivity (Wildman–Crippen MR) is 98.6 cm³/mol. The molecule has 2 aliphatic carbocycles. The van der Waals surface area contributed by atoms with Gasteiger partial charge in [-0.1, -0.05) is 18.6 Å². The van der Waals surface area contributed by atoms with Crippen molar-refractivity contribution in [1.82, 2.24) is 5.32 Å². The van der Waals surface area contributed by atoms with Crippen LogP contribution in [0.4, 0.5) is 13.2 Å². The number of rotatable bonds is 5. The van der Waals surface area contributed by atoms with E-state index in [1.54, 1.807) is 12.1 Å². The monoisotopic (exact) mass is 406 g/mol. The Morgan fingerprint density at radius 3 is 2.52 bits per heavy atom. The van der Waals surface area contributed by atoms with E-state index >= 15 is 0 Å². The largest absolute Gasteiger partial charge is 0.484 e. The molecule has 3 N–H and O–H groups in total. The second-order valence-corrected chi connectivity index (χ2v) is 7.47. The summed E-state index contributed by atoms with van der Waals surface area (Å²) in [6.07, 6.45) is 0.683. The summed E-state index contributed by atoms with van der Waals surface area (Å²) in [5.74, 6) is 0.993. The molecule has 2 unspecified atom stereocenters. The number of hydrogen-bond acceptors (Lipinski definition) is 3. The van der Waals surface area contributed by atoms with Crippen LogP contribution in [0.1, 0.15) is 37.7 Å². The Kier molecular flexibility index (Phi) is 7.40. The van der Waals surface area contributed by atoms with E-state index in [2.05, 4.69) is 5.32 Å². The molecule has 0 aromatic heterocycles. The van der Waals surface area contributed by atoms with E-state index in [1.165, 1.54) is 18.6 Å². The summed E-state index contributed by atoms with van der Waals surface area (Å²) >= 11 is 0. The molecule has 0 aliphatic heterocycles. The van der Waals surface area contributed by atoms with E-state index in [4.69, 9.17) is 10.5 Å². The summed E-state index contributed by atoms with van der Waals surface area (Å²) in [5, 5.41) is 2.91. The molecule has 2 aliphatic rings. The standard InChI is InChI=1S/C19H25F3N2O2.ClH/c20-19(21,22)11-26-16-6-1-3-12(7-16)10-24-18(25)15-8-13-4-2-5-14(9-15)17(13)23;/h1,3,6-7,13-15,17H,2,4-5,8-11,23H2,(H,24,25);1H. The number of ether oxygens (including phenoxy) is 1. The summed E-state index contributed by atoms with van der Waals surface area (Å²) in [6, 6.07) is 6.59. The van der Waals surface area contributed by atoms with Crippen LogP contribution in [0, 0.1) is 17.8 Å². The van der Waals surface area contributed by atoms with Gasteiger partial charge < -0.3 is 15.8 Å². The SMILES string of the molecule is Cl.NC1C2CCCC1CC(C(=O)NCc1cccc(OCC(F)(F)F)c1)C2. The molecular formula is C19H26ClF3N2O2. The fourth-order valence-corrected chi connectivity index (χ4v) is 4.25. The lowest BCUT2D eigenvalue weighted by Gasteiger charge is -2.43. The summed E-state index contributed by atoms with van der Waals surface area (Å²) in [6.45, 7) is -1.05. The van der Waals surface area contributed by atoms with Crippen LogP contribution in [0.5, 0.6) is 5.75 Å². The highest BCUT2D eigenvalue weighted by atomic mass is 35.5. The van der Waals surface area contributed by atoms with Crippen molar-refractivity contribution in [3.8, 4) is 5.75 Å². The van der Waals surface area contributed by atoms with Crippen molar-refractivity contribution in [1.29, 1.82) is 0 Å². The predicted octanol–water partition coefficient (Wildman–Crippen LogP) is 3.82. The number of carbonyl (C=O) groups excluding carboxylic acids is 1. The molecule has 1 amide bonds. The van der Waals surface area contributed by atoms with E-state index in [0.29, 0.717) is 17.4 Å². The minimum absolute atomic E-state index is 0. The van der Waals surface area contributed by atoms with Crippen LogP contribution in [-0.4, -0.2) is 24.7 Å². The van der Waals surface area contributed by atoms with Crippen LogP contribution in [-0.2, 0) is 11.3 Å². The molecule has 4 nitrogen and oxygen atoms in total. The molecule has 8 heteroatoms. The third-order valence-electron chi connectivity index (χ3n) is 5.55. The number of amides is 1. The zero-order valence-electron chi connectivity index (χ0n) is 15.0. The minimum atomic E-state index is -4.37. The van der Waals surface area contributed by atoms with E-state index in [9.17, 15) is 18.0 Å². The Morgan fingerprint density at radius 1 is 1.22 bits per heavy atom. The Hall–Kier alpha value is -1.47. The maximum Gasteiger partial charge on any atom is 0.422 e. The number of halogens is 4. The minimum Gasteiger partial charge on any atom is -0.484 e. The van der Waals surface area contributed by atoms with Gasteiger partial charge in [0.1, 0.15) is 5.75 Å². The van der Waals surface area contributed by atoms with Crippen LogP contribution in [0.25, 0.3) is 0 Å². The van der Waals surface area contributed by atoms with Gasteiger partial charge in [0.2, 0.25) is 5.91 Å². The molecule has 0 saturated heterocycles. The second-order valence-electron chi connectivity index (χ2n) is 7.47. The first-order valence-corrected chi connectivity index (χ1v) is 9.13. The smallest absolute Gasteiger partial charge is 0.422 e. The molecule has 1 aromatic carbocycles. The Balaban J connectivity index is 0.00000261. The maximum absolute atomic E-state index is 12.5. The lowest BCUT2D eigenvalue weighted by Crippen LogP contribution is -2.49. The Labute approximate surface area is 163 Å². The van der Waals surface area contributed by atoms with Gasteiger partial charge in [-0.3, -0.25) is 4.79 Å². The van der Waals surface area contributed by atoms with Gasteiger partial charge in [0.05, 0.1) is 0 Å². The highest BCUT2D eigenvalue weighted by Gasteiger charge is 2.40. The van der Waals surface area contributed by atoms with Gasteiger partial charge in [-0.05, 0) is 55.2 Å². The van der Waals surface area contributed by atoms with E-state index in [1.807, 2.05) is 0 Å². The van der Waals surface area contributed by atoms with E-state index in [0.717, 1.165) is 25.7 Å². The van der Waals surface area contributed by atoms with Crippen LogP contribution in [0.2, 0.25) is 0 Å². The summed E-state index contributed by atoms with van der Waals surface area (Å²) in [5.41, 5.74) is 6.98. The van der Waals surface area contributed by atoms with Crippen LogP contribution in [0.15, 0.2) is 24.3 Å². The number of fused-ring (bicyclic) bond motifs is 2. The van der Waals surface area contributed by atoms with E-state index in [-0.39, 0.29) is 42.6 Å². The van der Waals surface area contributed by atoms with Crippen molar-refractivity contribution in [3.63, 3.8) is 0 Å². The van der Waals surface area contributed by atoms with Gasteiger partial charge in [-0.25, -0.2) is 0 Å². The molecule has 2 bridgehead atoms. The number of nitrogens with one attached hydrogen (secondary N) is 1. The molecule has 0 spiro atoms. The quantitative estimate of drug-likeness (QED) is 0.781. The van der Waals surface area contributed by atoms with Crippen LogP contribution < -0.4 is 15.8 Å². The van der Waals surface area contributed by atoms with Crippen LogP contribution >= 0.6 is 12.4 Å².